The largest absolute Gasteiger partial charge is 0.294 e. The first-order chi connectivity index (χ1) is 7.48. The second-order valence-electron chi connectivity index (χ2n) is 3.42. The summed E-state index contributed by atoms with van der Waals surface area (Å²) in [7, 11) is -3.17. The van der Waals surface area contributed by atoms with Gasteiger partial charge in [-0.05, 0) is 19.3 Å². The second-order valence-corrected chi connectivity index (χ2v) is 6.13. The molecule has 1 atom stereocenters. The Balaban J connectivity index is 3.54. The minimum atomic E-state index is -3.17. The van der Waals surface area contributed by atoms with Crippen LogP contribution in [0.25, 0.3) is 0 Å². The van der Waals surface area contributed by atoms with Crippen molar-refractivity contribution >= 4 is 21.3 Å². The zero-order chi connectivity index (χ0) is 12.4. The van der Waals surface area contributed by atoms with Gasteiger partial charge in [-0.3, -0.25) is 4.55 Å². The third kappa shape index (κ3) is 10.5. The molecule has 0 heterocycles. The first kappa shape index (κ1) is 16.0. The Morgan fingerprint density at radius 2 is 1.88 bits per heavy atom. The van der Waals surface area contributed by atoms with Gasteiger partial charge < -0.3 is 0 Å². The molecule has 16 heavy (non-hydrogen) atoms. The van der Waals surface area contributed by atoms with E-state index in [9.17, 15) is 12.6 Å². The lowest BCUT2D eigenvalue weighted by atomic mass is 10.3. The lowest BCUT2D eigenvalue weighted by molar-refractivity contribution is 0.546. The molecule has 0 saturated carbocycles. The molecular weight excluding hydrogens is 252 g/mol. The summed E-state index contributed by atoms with van der Waals surface area (Å²) in [6, 6.07) is 0. The summed E-state index contributed by atoms with van der Waals surface area (Å²) in [6.07, 6.45) is 2.83. The molecule has 0 saturated heterocycles. The maximum atomic E-state index is 11.4. The fraction of sp³-hybridized carbons (Fsp3) is 1.00. The number of hydrogen-bond acceptors (Lipinski definition) is 3. The fourth-order valence-electron chi connectivity index (χ4n) is 1.05. The van der Waals surface area contributed by atoms with Crippen molar-refractivity contribution in [2.24, 2.45) is 0 Å². The Hall–Kier alpha value is -0.0200. The Bertz CT molecular complexity index is 292. The van der Waals surface area contributed by atoms with E-state index < -0.39 is 21.3 Å². The average molecular weight is 272 g/mol. The van der Waals surface area contributed by atoms with Gasteiger partial charge in [0.25, 0.3) is 0 Å². The van der Waals surface area contributed by atoms with E-state index in [1.54, 1.807) is 0 Å². The van der Waals surface area contributed by atoms with Crippen LogP contribution in [0.5, 0.6) is 0 Å². The van der Waals surface area contributed by atoms with E-state index >= 15 is 0 Å². The predicted molar refractivity (Wildman–Crippen MR) is 64.7 cm³/mol. The van der Waals surface area contributed by atoms with Gasteiger partial charge in [-0.15, -0.1) is 0 Å². The van der Waals surface area contributed by atoms with Crippen LogP contribution >= 0.6 is 0 Å². The molecule has 0 aliphatic rings. The summed E-state index contributed by atoms with van der Waals surface area (Å²) in [5, 5.41) is 0. The van der Waals surface area contributed by atoms with Crippen LogP contribution in [0.1, 0.15) is 32.6 Å². The average Bonchev–Trinajstić information content (AvgIpc) is 2.16. The normalized spacial score (nSPS) is 13.9. The van der Waals surface area contributed by atoms with E-state index in [-0.39, 0.29) is 5.75 Å². The number of rotatable bonds is 10. The van der Waals surface area contributed by atoms with Gasteiger partial charge in [-0.2, -0.15) is 0 Å². The van der Waals surface area contributed by atoms with Gasteiger partial charge in [0.05, 0.1) is 5.75 Å². The molecule has 0 bridgehead atoms. The maximum absolute atomic E-state index is 11.4. The van der Waals surface area contributed by atoms with Crippen molar-refractivity contribution in [3.8, 4) is 0 Å². The van der Waals surface area contributed by atoms with Crippen molar-refractivity contribution in [2.45, 2.75) is 32.6 Å². The number of hydrogen-bond donors (Lipinski definition) is 3. The molecule has 0 radical (unpaired) electrons. The molecule has 1 unspecified atom stereocenters. The van der Waals surface area contributed by atoms with Crippen LogP contribution in [0.3, 0.4) is 0 Å². The third-order valence-corrected chi connectivity index (χ3v) is 3.84. The summed E-state index contributed by atoms with van der Waals surface area (Å²) in [5.41, 5.74) is 0. The summed E-state index contributed by atoms with van der Waals surface area (Å²) in [4.78, 5) is 0. The van der Waals surface area contributed by atoms with E-state index in [0.29, 0.717) is 25.9 Å². The number of nitrogens with one attached hydrogen (secondary N) is 2. The van der Waals surface area contributed by atoms with Crippen LogP contribution in [0.4, 0.5) is 0 Å². The highest BCUT2D eigenvalue weighted by Gasteiger charge is 2.08. The van der Waals surface area contributed by atoms with E-state index in [0.717, 1.165) is 12.8 Å². The molecular formula is C8H20N2O4S2. The topological polar surface area (TPSA) is 95.5 Å². The molecule has 98 valence electrons. The molecule has 0 aromatic heterocycles. The zero-order valence-electron chi connectivity index (χ0n) is 9.44. The first-order valence-electron chi connectivity index (χ1n) is 5.29. The van der Waals surface area contributed by atoms with Crippen LogP contribution in [0.15, 0.2) is 0 Å². The van der Waals surface area contributed by atoms with Gasteiger partial charge in [0.15, 0.2) is 0 Å². The van der Waals surface area contributed by atoms with Crippen molar-refractivity contribution in [1.82, 2.24) is 9.44 Å². The van der Waals surface area contributed by atoms with Crippen LogP contribution in [0, 0.1) is 0 Å². The minimum absolute atomic E-state index is 0.0659. The molecule has 0 spiro atoms. The molecule has 0 rings (SSSR count). The van der Waals surface area contributed by atoms with Gasteiger partial charge in [0.2, 0.25) is 21.3 Å². The molecule has 0 aromatic rings. The molecule has 0 fully saturated rings. The number of unbranched alkanes of at least 4 members (excludes halogenated alkanes) is 2. The lowest BCUT2D eigenvalue weighted by Crippen LogP contribution is -2.27. The molecule has 0 amide bonds. The van der Waals surface area contributed by atoms with Crippen LogP contribution in [-0.2, 0) is 21.3 Å². The minimum Gasteiger partial charge on any atom is -0.294 e. The van der Waals surface area contributed by atoms with Crippen molar-refractivity contribution in [2.75, 3.05) is 18.8 Å². The highest BCUT2D eigenvalue weighted by atomic mass is 32.2. The smallest absolute Gasteiger partial charge is 0.231 e. The van der Waals surface area contributed by atoms with E-state index in [2.05, 4.69) is 9.44 Å². The predicted octanol–water partition coefficient (Wildman–Crippen LogP) is 0.212. The second kappa shape index (κ2) is 9.06. The van der Waals surface area contributed by atoms with E-state index in [1.165, 1.54) is 0 Å². The summed E-state index contributed by atoms with van der Waals surface area (Å²) >= 11 is -2.01. The van der Waals surface area contributed by atoms with Crippen molar-refractivity contribution in [3.63, 3.8) is 0 Å². The van der Waals surface area contributed by atoms with Gasteiger partial charge >= 0.3 is 0 Å². The Morgan fingerprint density at radius 1 is 1.19 bits per heavy atom. The summed E-state index contributed by atoms with van der Waals surface area (Å²) in [6.45, 7) is 2.82. The summed E-state index contributed by atoms with van der Waals surface area (Å²) in [5.74, 6) is 0.0659. The highest BCUT2D eigenvalue weighted by Crippen LogP contribution is 1.95. The van der Waals surface area contributed by atoms with Gasteiger partial charge in [0, 0.05) is 13.1 Å². The van der Waals surface area contributed by atoms with E-state index in [4.69, 9.17) is 4.55 Å². The molecule has 0 aromatic carbocycles. The van der Waals surface area contributed by atoms with Crippen molar-refractivity contribution < 1.29 is 17.2 Å². The van der Waals surface area contributed by atoms with Gasteiger partial charge in [-0.1, -0.05) is 13.3 Å². The van der Waals surface area contributed by atoms with Crippen LogP contribution in [-0.4, -0.2) is 36.0 Å². The lowest BCUT2D eigenvalue weighted by Gasteiger charge is -2.05. The zero-order valence-corrected chi connectivity index (χ0v) is 11.1. The van der Waals surface area contributed by atoms with Crippen LogP contribution in [0.2, 0.25) is 0 Å². The Kier molecular flexibility index (Phi) is 9.04. The van der Waals surface area contributed by atoms with Gasteiger partial charge in [0.1, 0.15) is 0 Å². The quantitative estimate of drug-likeness (QED) is 0.391. The van der Waals surface area contributed by atoms with Gasteiger partial charge in [-0.25, -0.2) is 22.1 Å². The first-order valence-corrected chi connectivity index (χ1v) is 8.05. The Labute approximate surface area is 99.7 Å². The summed E-state index contributed by atoms with van der Waals surface area (Å²) < 4.78 is 46.1. The standard InChI is InChI=1S/C8H20N2O4S2/c1-2-3-7-10-16(13,14)8-5-4-6-9-15(11)12/h9-10H,2-8H2,1H3,(H,11,12). The van der Waals surface area contributed by atoms with Crippen molar-refractivity contribution in [3.05, 3.63) is 0 Å². The maximum Gasteiger partial charge on any atom is 0.231 e. The van der Waals surface area contributed by atoms with Crippen molar-refractivity contribution in [1.29, 1.82) is 0 Å². The monoisotopic (exact) mass is 272 g/mol. The molecule has 3 N–H and O–H groups in total. The molecule has 0 aliphatic carbocycles. The third-order valence-electron chi connectivity index (χ3n) is 1.92. The molecule has 6 nitrogen and oxygen atoms in total. The van der Waals surface area contributed by atoms with E-state index in [1.807, 2.05) is 6.92 Å². The molecule has 0 aliphatic heterocycles. The molecule has 8 heteroatoms. The Morgan fingerprint density at radius 3 is 2.44 bits per heavy atom. The highest BCUT2D eigenvalue weighted by molar-refractivity contribution is 7.89. The number of sulfonamides is 1. The van der Waals surface area contributed by atoms with Crippen LogP contribution < -0.4 is 9.44 Å². The SMILES string of the molecule is CCCCNS(=O)(=O)CCCCNS(=O)O. The fourth-order valence-corrected chi connectivity index (χ4v) is 2.56.